The summed E-state index contributed by atoms with van der Waals surface area (Å²) in [5.41, 5.74) is 2.72. The van der Waals surface area contributed by atoms with Gasteiger partial charge in [0.15, 0.2) is 0 Å². The lowest BCUT2D eigenvalue weighted by molar-refractivity contribution is 0.146. The molecular weight excluding hydrogens is 381 g/mol. The molecule has 1 aliphatic heterocycles. The van der Waals surface area contributed by atoms with Gasteiger partial charge < -0.3 is 9.47 Å². The third kappa shape index (κ3) is 4.60. The molecule has 7 heteroatoms. The van der Waals surface area contributed by atoms with Crippen LogP contribution in [0.4, 0.5) is 4.39 Å². The van der Waals surface area contributed by atoms with E-state index in [-0.39, 0.29) is 10.7 Å². The standard InChI is InChI=1S/C21H24FNO4S/c1-16-15-20(7-8-21(16)27-14-13-26-2)28(24,25)23-11-9-18(10-12-23)17-3-5-19(22)6-4-17/h3-9,15H,10-14H2,1-2H3. The smallest absolute Gasteiger partial charge is 0.243 e. The summed E-state index contributed by atoms with van der Waals surface area (Å²) in [6, 6.07) is 11.2. The summed E-state index contributed by atoms with van der Waals surface area (Å²) in [7, 11) is -1.99. The van der Waals surface area contributed by atoms with E-state index in [0.29, 0.717) is 38.5 Å². The lowest BCUT2D eigenvalue weighted by Gasteiger charge is -2.26. The Labute approximate surface area is 165 Å². The molecule has 0 N–H and O–H groups in total. The fourth-order valence-electron chi connectivity index (χ4n) is 3.12. The Balaban J connectivity index is 1.73. The number of hydrogen-bond acceptors (Lipinski definition) is 4. The molecule has 150 valence electrons. The van der Waals surface area contributed by atoms with Crippen molar-refractivity contribution in [1.82, 2.24) is 4.31 Å². The van der Waals surface area contributed by atoms with Crippen LogP contribution in [0.5, 0.6) is 5.75 Å². The number of ether oxygens (including phenoxy) is 2. The summed E-state index contributed by atoms with van der Waals surface area (Å²) in [4.78, 5) is 0.253. The highest BCUT2D eigenvalue weighted by Crippen LogP contribution is 2.28. The molecule has 0 aromatic heterocycles. The van der Waals surface area contributed by atoms with Gasteiger partial charge in [0, 0.05) is 20.2 Å². The highest BCUT2D eigenvalue weighted by molar-refractivity contribution is 7.89. The summed E-state index contributed by atoms with van der Waals surface area (Å²) in [5.74, 6) is 0.363. The Kier molecular flexibility index (Phi) is 6.49. The number of aryl methyl sites for hydroxylation is 1. The summed E-state index contributed by atoms with van der Waals surface area (Å²) >= 11 is 0. The molecule has 3 rings (SSSR count). The molecule has 0 saturated carbocycles. The van der Waals surface area contributed by atoms with Crippen molar-refractivity contribution in [3.63, 3.8) is 0 Å². The van der Waals surface area contributed by atoms with E-state index in [4.69, 9.17) is 9.47 Å². The summed E-state index contributed by atoms with van der Waals surface area (Å²) in [5, 5.41) is 0. The number of halogens is 1. The Hall–Kier alpha value is -2.22. The van der Waals surface area contributed by atoms with Crippen LogP contribution >= 0.6 is 0 Å². The molecule has 0 radical (unpaired) electrons. The van der Waals surface area contributed by atoms with E-state index < -0.39 is 10.0 Å². The Bertz CT molecular complexity index is 955. The first-order chi connectivity index (χ1) is 13.4. The topological polar surface area (TPSA) is 55.8 Å². The van der Waals surface area contributed by atoms with Gasteiger partial charge in [0.25, 0.3) is 0 Å². The van der Waals surface area contributed by atoms with Crippen molar-refractivity contribution in [2.75, 3.05) is 33.4 Å². The minimum absolute atomic E-state index is 0.253. The van der Waals surface area contributed by atoms with Crippen molar-refractivity contribution in [3.05, 3.63) is 65.5 Å². The van der Waals surface area contributed by atoms with E-state index in [9.17, 15) is 12.8 Å². The third-order valence-corrected chi connectivity index (χ3v) is 6.58. The summed E-state index contributed by atoms with van der Waals surface area (Å²) in [6.07, 6.45) is 2.48. The van der Waals surface area contributed by atoms with E-state index in [1.165, 1.54) is 16.4 Å². The quantitative estimate of drug-likeness (QED) is 0.660. The average Bonchev–Trinajstić information content (AvgIpc) is 2.70. The SMILES string of the molecule is COCCOc1ccc(S(=O)(=O)N2CC=C(c3ccc(F)cc3)CC2)cc1C. The largest absolute Gasteiger partial charge is 0.491 e. The van der Waals surface area contributed by atoms with Gasteiger partial charge in [-0.05, 0) is 60.4 Å². The molecule has 5 nitrogen and oxygen atoms in total. The van der Waals surface area contributed by atoms with Crippen LogP contribution in [0.25, 0.3) is 5.57 Å². The van der Waals surface area contributed by atoms with Gasteiger partial charge in [0.05, 0.1) is 11.5 Å². The number of hydrogen-bond donors (Lipinski definition) is 0. The second-order valence-corrected chi connectivity index (χ2v) is 8.56. The molecule has 0 aliphatic carbocycles. The Morgan fingerprint density at radius 1 is 1.11 bits per heavy atom. The monoisotopic (exact) mass is 405 g/mol. The molecule has 0 fully saturated rings. The van der Waals surface area contributed by atoms with Gasteiger partial charge >= 0.3 is 0 Å². The van der Waals surface area contributed by atoms with Crippen molar-refractivity contribution < 1.29 is 22.3 Å². The molecule has 0 unspecified atom stereocenters. The van der Waals surface area contributed by atoms with E-state index in [0.717, 1.165) is 16.7 Å². The minimum atomic E-state index is -3.59. The average molecular weight is 405 g/mol. The fourth-order valence-corrected chi connectivity index (χ4v) is 4.59. The molecule has 0 amide bonds. The number of nitrogens with zero attached hydrogens (tertiary/aromatic N) is 1. The first-order valence-electron chi connectivity index (χ1n) is 9.09. The fraction of sp³-hybridized carbons (Fsp3) is 0.333. The summed E-state index contributed by atoms with van der Waals surface area (Å²) in [6.45, 7) is 3.38. The lowest BCUT2D eigenvalue weighted by atomic mass is 10.0. The predicted molar refractivity (Wildman–Crippen MR) is 106 cm³/mol. The number of sulfonamides is 1. The highest BCUT2D eigenvalue weighted by Gasteiger charge is 2.27. The third-order valence-electron chi connectivity index (χ3n) is 4.72. The predicted octanol–water partition coefficient (Wildman–Crippen LogP) is 3.64. The zero-order chi connectivity index (χ0) is 20.1. The first-order valence-corrected chi connectivity index (χ1v) is 10.5. The zero-order valence-electron chi connectivity index (χ0n) is 16.0. The van der Waals surface area contributed by atoms with Crippen LogP contribution in [0.2, 0.25) is 0 Å². The van der Waals surface area contributed by atoms with Gasteiger partial charge in [0.2, 0.25) is 10.0 Å². The van der Waals surface area contributed by atoms with Gasteiger partial charge in [-0.2, -0.15) is 4.31 Å². The van der Waals surface area contributed by atoms with E-state index in [1.807, 2.05) is 13.0 Å². The van der Waals surface area contributed by atoms with Gasteiger partial charge in [0.1, 0.15) is 18.2 Å². The normalized spacial score (nSPS) is 15.3. The van der Waals surface area contributed by atoms with Crippen LogP contribution < -0.4 is 4.74 Å². The van der Waals surface area contributed by atoms with Crippen molar-refractivity contribution in [1.29, 1.82) is 0 Å². The lowest BCUT2D eigenvalue weighted by Crippen LogP contribution is -2.34. The van der Waals surface area contributed by atoms with Gasteiger partial charge in [-0.25, -0.2) is 12.8 Å². The number of benzene rings is 2. The second-order valence-electron chi connectivity index (χ2n) is 6.62. The molecule has 0 spiro atoms. The van der Waals surface area contributed by atoms with Crippen molar-refractivity contribution >= 4 is 15.6 Å². The molecule has 2 aromatic rings. The maximum Gasteiger partial charge on any atom is 0.243 e. The molecule has 2 aromatic carbocycles. The van der Waals surface area contributed by atoms with Crippen molar-refractivity contribution in [2.24, 2.45) is 0 Å². The molecule has 28 heavy (non-hydrogen) atoms. The van der Waals surface area contributed by atoms with E-state index >= 15 is 0 Å². The first kappa shape index (κ1) is 20.5. The van der Waals surface area contributed by atoms with E-state index in [2.05, 4.69) is 0 Å². The highest BCUT2D eigenvalue weighted by atomic mass is 32.2. The molecule has 0 bridgehead atoms. The molecule has 0 atom stereocenters. The van der Waals surface area contributed by atoms with Crippen LogP contribution in [-0.4, -0.2) is 46.1 Å². The molecule has 0 saturated heterocycles. The van der Waals surface area contributed by atoms with Gasteiger partial charge in [-0.3, -0.25) is 0 Å². The minimum Gasteiger partial charge on any atom is -0.491 e. The molecular formula is C21H24FNO4S. The maximum absolute atomic E-state index is 13.1. The Morgan fingerprint density at radius 2 is 1.86 bits per heavy atom. The Morgan fingerprint density at radius 3 is 2.46 bits per heavy atom. The molecule has 1 aliphatic rings. The van der Waals surface area contributed by atoms with Crippen molar-refractivity contribution in [2.45, 2.75) is 18.2 Å². The number of methoxy groups -OCH3 is 1. The van der Waals surface area contributed by atoms with Crippen LogP contribution in [-0.2, 0) is 14.8 Å². The second kappa shape index (κ2) is 8.86. The van der Waals surface area contributed by atoms with Crippen LogP contribution in [0, 0.1) is 12.7 Å². The van der Waals surface area contributed by atoms with Crippen molar-refractivity contribution in [3.8, 4) is 5.75 Å². The maximum atomic E-state index is 13.1. The van der Waals surface area contributed by atoms with Gasteiger partial charge in [-0.15, -0.1) is 0 Å². The number of rotatable bonds is 7. The van der Waals surface area contributed by atoms with Crippen LogP contribution in [0.15, 0.2) is 53.4 Å². The van der Waals surface area contributed by atoms with Crippen LogP contribution in [0.1, 0.15) is 17.5 Å². The van der Waals surface area contributed by atoms with E-state index in [1.54, 1.807) is 37.4 Å². The zero-order valence-corrected chi connectivity index (χ0v) is 16.8. The van der Waals surface area contributed by atoms with Crippen LogP contribution in [0.3, 0.4) is 0 Å². The van der Waals surface area contributed by atoms with Gasteiger partial charge in [-0.1, -0.05) is 18.2 Å². The molecule has 1 heterocycles. The summed E-state index contributed by atoms with van der Waals surface area (Å²) < 4.78 is 51.1.